The first-order valence-corrected chi connectivity index (χ1v) is 8.71. The molecule has 0 spiro atoms. The molecule has 3 unspecified atom stereocenters. The van der Waals surface area contributed by atoms with E-state index in [-0.39, 0.29) is 11.5 Å². The van der Waals surface area contributed by atoms with Crippen LogP contribution in [-0.4, -0.2) is 48.4 Å². The average molecular weight is 411 g/mol. The first-order valence-electron chi connectivity index (χ1n) is 8.71. The lowest BCUT2D eigenvalue weighted by molar-refractivity contribution is -0.139. The molecule has 0 fully saturated rings. The van der Waals surface area contributed by atoms with Gasteiger partial charge in [0.05, 0.1) is 7.11 Å². The Kier molecular flexibility index (Phi) is 8.58. The van der Waals surface area contributed by atoms with Crippen LogP contribution in [0, 0.1) is 5.92 Å². The smallest absolute Gasteiger partial charge is 0.480 e. The van der Waals surface area contributed by atoms with Crippen LogP contribution in [0.1, 0.15) is 39.2 Å². The normalized spacial score (nSPS) is 14.7. The molecule has 0 radical (unpaired) electrons. The van der Waals surface area contributed by atoms with Gasteiger partial charge in [-0.05, 0) is 24.6 Å². The van der Waals surface area contributed by atoms with Gasteiger partial charge in [-0.15, -0.1) is 0 Å². The van der Waals surface area contributed by atoms with Crippen molar-refractivity contribution in [2.24, 2.45) is 11.7 Å². The van der Waals surface area contributed by atoms with E-state index in [2.05, 4.69) is 4.74 Å². The molecule has 10 heteroatoms. The van der Waals surface area contributed by atoms with E-state index >= 15 is 0 Å². The summed E-state index contributed by atoms with van der Waals surface area (Å²) in [6, 6.07) is 2.88. The van der Waals surface area contributed by atoms with Crippen molar-refractivity contribution in [2.45, 2.75) is 45.8 Å². The van der Waals surface area contributed by atoms with Crippen molar-refractivity contribution in [1.82, 2.24) is 0 Å². The summed E-state index contributed by atoms with van der Waals surface area (Å²) >= 11 is 0. The quantitative estimate of drug-likeness (QED) is 0.479. The third kappa shape index (κ3) is 6.75. The SMILES string of the molecule is COC(=O)OC(C)C(C)C(c1ccc(OC(C)=O)c(OC(C)=O)c1)[C@H](N)C(=O)O. The van der Waals surface area contributed by atoms with Crippen LogP contribution in [0.4, 0.5) is 4.79 Å². The van der Waals surface area contributed by atoms with Crippen molar-refractivity contribution in [3.63, 3.8) is 0 Å². The van der Waals surface area contributed by atoms with Crippen molar-refractivity contribution in [3.8, 4) is 11.5 Å². The van der Waals surface area contributed by atoms with Crippen LogP contribution in [0.25, 0.3) is 0 Å². The summed E-state index contributed by atoms with van der Waals surface area (Å²) in [6.45, 7) is 5.58. The van der Waals surface area contributed by atoms with Gasteiger partial charge >= 0.3 is 24.1 Å². The van der Waals surface area contributed by atoms with Crippen molar-refractivity contribution >= 4 is 24.1 Å². The maximum atomic E-state index is 11.6. The Morgan fingerprint density at radius 2 is 1.55 bits per heavy atom. The Labute approximate surface area is 167 Å². The minimum absolute atomic E-state index is 0.00870. The Morgan fingerprint density at radius 1 is 1.00 bits per heavy atom. The lowest BCUT2D eigenvalue weighted by atomic mass is 9.79. The van der Waals surface area contributed by atoms with Crippen molar-refractivity contribution in [3.05, 3.63) is 23.8 Å². The number of aliphatic carboxylic acids is 1. The predicted molar refractivity (Wildman–Crippen MR) is 99.5 cm³/mol. The Balaban J connectivity index is 3.40. The van der Waals surface area contributed by atoms with Gasteiger partial charge in [-0.2, -0.15) is 0 Å². The van der Waals surface area contributed by atoms with E-state index < -0.39 is 48.0 Å². The van der Waals surface area contributed by atoms with E-state index in [1.54, 1.807) is 13.8 Å². The van der Waals surface area contributed by atoms with Crippen molar-refractivity contribution in [2.75, 3.05) is 7.11 Å². The molecule has 1 aromatic rings. The number of rotatable bonds is 8. The summed E-state index contributed by atoms with van der Waals surface area (Å²) in [4.78, 5) is 45.7. The summed E-state index contributed by atoms with van der Waals surface area (Å²) in [5.41, 5.74) is 6.29. The summed E-state index contributed by atoms with van der Waals surface area (Å²) < 4.78 is 19.7. The highest BCUT2D eigenvalue weighted by Gasteiger charge is 2.35. The van der Waals surface area contributed by atoms with E-state index in [1.807, 2.05) is 0 Å². The molecule has 10 nitrogen and oxygen atoms in total. The predicted octanol–water partition coefficient (Wildman–Crippen LogP) is 1.84. The molecule has 0 aliphatic heterocycles. The van der Waals surface area contributed by atoms with Crippen LogP contribution in [0.15, 0.2) is 18.2 Å². The molecule has 0 bridgehead atoms. The molecule has 29 heavy (non-hydrogen) atoms. The third-order valence-electron chi connectivity index (χ3n) is 4.29. The van der Waals surface area contributed by atoms with E-state index in [0.29, 0.717) is 5.56 Å². The highest BCUT2D eigenvalue weighted by Crippen LogP contribution is 2.37. The second-order valence-electron chi connectivity index (χ2n) is 6.42. The maximum Gasteiger partial charge on any atom is 0.508 e. The number of carbonyl (C=O) groups is 4. The second-order valence-corrected chi connectivity index (χ2v) is 6.42. The molecule has 160 valence electrons. The Bertz CT molecular complexity index is 777. The number of benzene rings is 1. The number of ether oxygens (including phenoxy) is 4. The minimum Gasteiger partial charge on any atom is -0.480 e. The summed E-state index contributed by atoms with van der Waals surface area (Å²) in [5, 5.41) is 9.45. The molecule has 0 heterocycles. The molecule has 4 atom stereocenters. The minimum atomic E-state index is -1.36. The van der Waals surface area contributed by atoms with Crippen LogP contribution in [0.3, 0.4) is 0 Å². The molecule has 1 rings (SSSR count). The van der Waals surface area contributed by atoms with Gasteiger partial charge in [0.25, 0.3) is 0 Å². The lowest BCUT2D eigenvalue weighted by Gasteiger charge is -2.31. The van der Waals surface area contributed by atoms with Crippen LogP contribution in [-0.2, 0) is 23.9 Å². The molecular formula is C19H25NO9. The second kappa shape index (κ2) is 10.4. The maximum absolute atomic E-state index is 11.6. The molecule has 0 aliphatic rings. The number of nitrogens with two attached hydrogens (primary N) is 1. The van der Waals surface area contributed by atoms with Gasteiger partial charge in [0, 0.05) is 25.7 Å². The number of carboxylic acids is 1. The molecule has 3 N–H and O–H groups in total. The zero-order chi connectivity index (χ0) is 22.3. The van der Waals surface area contributed by atoms with E-state index in [0.717, 1.165) is 7.11 Å². The number of hydrogen-bond acceptors (Lipinski definition) is 9. The van der Waals surface area contributed by atoms with Gasteiger partial charge in [-0.25, -0.2) is 4.79 Å². The fourth-order valence-electron chi connectivity index (χ4n) is 2.80. The number of carboxylic acid groups (broad SMARTS) is 1. The van der Waals surface area contributed by atoms with Crippen molar-refractivity contribution < 1.29 is 43.2 Å². The van der Waals surface area contributed by atoms with Crippen LogP contribution in [0.5, 0.6) is 11.5 Å². The van der Waals surface area contributed by atoms with Crippen molar-refractivity contribution in [1.29, 1.82) is 0 Å². The van der Waals surface area contributed by atoms with Gasteiger partial charge in [0.15, 0.2) is 11.5 Å². The standard InChI is InChI=1S/C19H25NO9/c1-9(10(2)27-19(25)26-5)16(17(20)18(23)24)13-6-7-14(28-11(3)21)15(8-13)29-12(4)22/h6-10,16-17H,20H2,1-5H3,(H,23,24)/t9?,10?,16?,17-/m0/s1. The summed E-state index contributed by atoms with van der Waals surface area (Å²) in [7, 11) is 1.15. The van der Waals surface area contributed by atoms with E-state index in [1.165, 1.54) is 32.0 Å². The molecule has 0 amide bonds. The Morgan fingerprint density at radius 3 is 2.03 bits per heavy atom. The first-order chi connectivity index (χ1) is 13.5. The van der Waals surface area contributed by atoms with Crippen LogP contribution in [0.2, 0.25) is 0 Å². The molecular weight excluding hydrogens is 386 g/mol. The highest BCUT2D eigenvalue weighted by atomic mass is 16.7. The van der Waals surface area contributed by atoms with Gasteiger partial charge in [-0.3, -0.25) is 14.4 Å². The lowest BCUT2D eigenvalue weighted by Crippen LogP contribution is -2.42. The highest BCUT2D eigenvalue weighted by molar-refractivity contribution is 5.76. The Hall–Kier alpha value is -3.14. The average Bonchev–Trinajstić information content (AvgIpc) is 2.62. The van der Waals surface area contributed by atoms with Gasteiger partial charge in [-0.1, -0.05) is 13.0 Å². The number of carbonyl (C=O) groups excluding carboxylic acids is 3. The first kappa shape index (κ1) is 23.9. The summed E-state index contributed by atoms with van der Waals surface area (Å²) in [5.74, 6) is -4.04. The third-order valence-corrected chi connectivity index (χ3v) is 4.29. The van der Waals surface area contributed by atoms with E-state index in [9.17, 15) is 24.3 Å². The van der Waals surface area contributed by atoms with Gasteiger partial charge in [0.1, 0.15) is 12.1 Å². The van der Waals surface area contributed by atoms with Crippen LogP contribution < -0.4 is 15.2 Å². The molecule has 0 aromatic heterocycles. The molecule has 0 aliphatic carbocycles. The monoisotopic (exact) mass is 411 g/mol. The van der Waals surface area contributed by atoms with Gasteiger partial charge < -0.3 is 29.8 Å². The zero-order valence-corrected chi connectivity index (χ0v) is 16.8. The molecule has 0 saturated heterocycles. The van der Waals surface area contributed by atoms with Gasteiger partial charge in [0.2, 0.25) is 0 Å². The number of hydrogen-bond donors (Lipinski definition) is 2. The molecule has 0 saturated carbocycles. The van der Waals surface area contributed by atoms with Crippen LogP contribution >= 0.6 is 0 Å². The number of methoxy groups -OCH3 is 1. The topological polar surface area (TPSA) is 151 Å². The fraction of sp³-hybridized carbons (Fsp3) is 0.474. The summed E-state index contributed by atoms with van der Waals surface area (Å²) in [6.07, 6.45) is -1.67. The fourth-order valence-corrected chi connectivity index (χ4v) is 2.80. The largest absolute Gasteiger partial charge is 0.508 e. The number of esters is 2. The zero-order valence-electron chi connectivity index (χ0n) is 16.8. The molecule has 1 aromatic carbocycles. The van der Waals surface area contributed by atoms with E-state index in [4.69, 9.17) is 19.9 Å².